The highest BCUT2D eigenvalue weighted by Crippen LogP contribution is 2.25. The Kier molecular flexibility index (Phi) is 5.03. The third kappa shape index (κ3) is 3.44. The smallest absolute Gasteiger partial charge is 0.105 e. The van der Waals surface area contributed by atoms with Crippen LogP contribution in [0.3, 0.4) is 0 Å². The van der Waals surface area contributed by atoms with Crippen molar-refractivity contribution in [1.29, 1.82) is 0 Å². The molecule has 1 aliphatic heterocycles. The average Bonchev–Trinajstić information content (AvgIpc) is 2.55. The van der Waals surface area contributed by atoms with E-state index in [1.165, 1.54) is 12.8 Å². The molecule has 3 atom stereocenters. The van der Waals surface area contributed by atoms with Crippen LogP contribution in [0.15, 0.2) is 0 Å². The normalized spacial score (nSPS) is 33.2. The number of hydrogen-bond acceptors (Lipinski definition) is 3. The molecule has 0 spiro atoms. The molecule has 1 fully saturated rings. The Morgan fingerprint density at radius 2 is 2.27 bits per heavy atom. The van der Waals surface area contributed by atoms with Gasteiger partial charge in [0.15, 0.2) is 0 Å². The summed E-state index contributed by atoms with van der Waals surface area (Å²) >= 11 is 0. The zero-order valence-electron chi connectivity index (χ0n) is 10.3. The van der Waals surface area contributed by atoms with E-state index >= 15 is 0 Å². The molecule has 3 heteroatoms. The highest BCUT2D eigenvalue weighted by molar-refractivity contribution is 4.92. The van der Waals surface area contributed by atoms with Crippen LogP contribution in [0.5, 0.6) is 0 Å². The molecular formula is C12H25NO2. The third-order valence-corrected chi connectivity index (χ3v) is 3.49. The molecule has 2 N–H and O–H groups in total. The summed E-state index contributed by atoms with van der Waals surface area (Å²) in [5.74, 6) is 0. The van der Waals surface area contributed by atoms with Crippen molar-refractivity contribution >= 4 is 0 Å². The van der Waals surface area contributed by atoms with Gasteiger partial charge in [0.2, 0.25) is 0 Å². The van der Waals surface area contributed by atoms with Crippen molar-refractivity contribution in [2.75, 3.05) is 13.2 Å². The van der Waals surface area contributed by atoms with E-state index in [1.54, 1.807) is 0 Å². The van der Waals surface area contributed by atoms with Gasteiger partial charge in [-0.25, -0.2) is 0 Å². The van der Waals surface area contributed by atoms with Gasteiger partial charge in [-0.2, -0.15) is 0 Å². The van der Waals surface area contributed by atoms with Crippen LogP contribution in [0.2, 0.25) is 0 Å². The standard InChI is InChI=1S/C12H25NO2/c1-4-6-11(5-2)13-9-12(14)7-8-15-10(12)3/h10-11,13-14H,4-9H2,1-3H3. The fourth-order valence-corrected chi connectivity index (χ4v) is 2.12. The second-order valence-corrected chi connectivity index (χ2v) is 4.64. The van der Waals surface area contributed by atoms with E-state index in [0.717, 1.165) is 12.8 Å². The van der Waals surface area contributed by atoms with Gasteiger partial charge in [0.1, 0.15) is 5.60 Å². The number of hydrogen-bond donors (Lipinski definition) is 2. The molecule has 0 aromatic carbocycles. The second kappa shape index (κ2) is 5.83. The van der Waals surface area contributed by atoms with Gasteiger partial charge in [-0.1, -0.05) is 20.3 Å². The summed E-state index contributed by atoms with van der Waals surface area (Å²) in [4.78, 5) is 0. The van der Waals surface area contributed by atoms with Crippen molar-refractivity contribution in [2.45, 2.75) is 64.2 Å². The summed E-state index contributed by atoms with van der Waals surface area (Å²) in [6.45, 7) is 7.68. The number of rotatable bonds is 6. The maximum absolute atomic E-state index is 10.3. The quantitative estimate of drug-likeness (QED) is 0.708. The van der Waals surface area contributed by atoms with Gasteiger partial charge in [0, 0.05) is 25.6 Å². The Morgan fingerprint density at radius 1 is 1.53 bits per heavy atom. The van der Waals surface area contributed by atoms with Gasteiger partial charge < -0.3 is 15.2 Å². The van der Waals surface area contributed by atoms with Crippen LogP contribution in [0.4, 0.5) is 0 Å². The van der Waals surface area contributed by atoms with Crippen molar-refractivity contribution in [1.82, 2.24) is 5.32 Å². The minimum atomic E-state index is -0.652. The first-order valence-corrected chi connectivity index (χ1v) is 6.19. The number of ether oxygens (including phenoxy) is 1. The van der Waals surface area contributed by atoms with Crippen LogP contribution in [-0.4, -0.2) is 36.0 Å². The number of aliphatic hydroxyl groups is 1. The largest absolute Gasteiger partial charge is 0.386 e. The Bertz CT molecular complexity index is 186. The maximum atomic E-state index is 10.3. The maximum Gasteiger partial charge on any atom is 0.105 e. The molecule has 0 aliphatic carbocycles. The number of nitrogens with one attached hydrogen (secondary N) is 1. The summed E-state index contributed by atoms with van der Waals surface area (Å²) < 4.78 is 5.40. The Balaban J connectivity index is 2.34. The first-order valence-electron chi connectivity index (χ1n) is 6.19. The lowest BCUT2D eigenvalue weighted by atomic mass is 9.96. The van der Waals surface area contributed by atoms with Crippen LogP contribution < -0.4 is 5.32 Å². The van der Waals surface area contributed by atoms with Gasteiger partial charge >= 0.3 is 0 Å². The molecule has 1 heterocycles. The van der Waals surface area contributed by atoms with Gasteiger partial charge in [0.25, 0.3) is 0 Å². The Hall–Kier alpha value is -0.120. The molecule has 0 saturated carbocycles. The van der Waals surface area contributed by atoms with Gasteiger partial charge in [-0.15, -0.1) is 0 Å². The van der Waals surface area contributed by atoms with Crippen LogP contribution in [0.1, 0.15) is 46.5 Å². The highest BCUT2D eigenvalue weighted by Gasteiger charge is 2.39. The molecule has 1 aliphatic rings. The second-order valence-electron chi connectivity index (χ2n) is 4.64. The molecule has 0 aromatic heterocycles. The van der Waals surface area contributed by atoms with E-state index in [9.17, 15) is 5.11 Å². The lowest BCUT2D eigenvalue weighted by molar-refractivity contribution is -0.0278. The topological polar surface area (TPSA) is 41.5 Å². The van der Waals surface area contributed by atoms with Crippen LogP contribution in [0, 0.1) is 0 Å². The van der Waals surface area contributed by atoms with E-state index in [2.05, 4.69) is 19.2 Å². The minimum Gasteiger partial charge on any atom is -0.386 e. The van der Waals surface area contributed by atoms with E-state index < -0.39 is 5.60 Å². The summed E-state index contributed by atoms with van der Waals surface area (Å²) in [5.41, 5.74) is -0.652. The molecule has 0 radical (unpaired) electrons. The minimum absolute atomic E-state index is 0.0378. The third-order valence-electron chi connectivity index (χ3n) is 3.49. The summed E-state index contributed by atoms with van der Waals surface area (Å²) in [6, 6.07) is 0.534. The molecule has 15 heavy (non-hydrogen) atoms. The van der Waals surface area contributed by atoms with Crippen LogP contribution in [0.25, 0.3) is 0 Å². The Labute approximate surface area is 93.2 Å². The zero-order valence-corrected chi connectivity index (χ0v) is 10.3. The lowest BCUT2D eigenvalue weighted by Gasteiger charge is -2.28. The van der Waals surface area contributed by atoms with Gasteiger partial charge in [-0.05, 0) is 19.8 Å². The first kappa shape index (κ1) is 12.9. The van der Waals surface area contributed by atoms with Crippen molar-refractivity contribution in [3.05, 3.63) is 0 Å². The van der Waals surface area contributed by atoms with Crippen LogP contribution in [-0.2, 0) is 4.74 Å². The average molecular weight is 215 g/mol. The summed E-state index contributed by atoms with van der Waals surface area (Å²) in [5, 5.41) is 13.7. The molecule has 3 nitrogen and oxygen atoms in total. The first-order chi connectivity index (χ1) is 7.12. The molecule has 3 unspecified atom stereocenters. The fraction of sp³-hybridized carbons (Fsp3) is 1.00. The Morgan fingerprint density at radius 3 is 2.73 bits per heavy atom. The summed E-state index contributed by atoms with van der Waals surface area (Å²) in [6.07, 6.45) is 4.21. The van der Waals surface area contributed by atoms with Gasteiger partial charge in [-0.3, -0.25) is 0 Å². The zero-order chi connectivity index (χ0) is 11.3. The molecule has 90 valence electrons. The predicted molar refractivity (Wildman–Crippen MR) is 62.0 cm³/mol. The highest BCUT2D eigenvalue weighted by atomic mass is 16.5. The van der Waals surface area contributed by atoms with Crippen molar-refractivity contribution in [3.63, 3.8) is 0 Å². The fourth-order valence-electron chi connectivity index (χ4n) is 2.12. The van der Waals surface area contributed by atoms with Gasteiger partial charge in [0.05, 0.1) is 6.10 Å². The predicted octanol–water partition coefficient (Wildman–Crippen LogP) is 1.69. The molecule has 0 bridgehead atoms. The lowest BCUT2D eigenvalue weighted by Crippen LogP contribution is -2.48. The molecular weight excluding hydrogens is 190 g/mol. The monoisotopic (exact) mass is 215 g/mol. The van der Waals surface area contributed by atoms with Crippen molar-refractivity contribution in [3.8, 4) is 0 Å². The summed E-state index contributed by atoms with van der Waals surface area (Å²) in [7, 11) is 0. The van der Waals surface area contributed by atoms with Crippen LogP contribution >= 0.6 is 0 Å². The van der Waals surface area contributed by atoms with Crippen molar-refractivity contribution in [2.24, 2.45) is 0 Å². The molecule has 0 amide bonds. The van der Waals surface area contributed by atoms with E-state index in [-0.39, 0.29) is 6.10 Å². The molecule has 0 aromatic rings. The van der Waals surface area contributed by atoms with Crippen molar-refractivity contribution < 1.29 is 9.84 Å². The van der Waals surface area contributed by atoms with E-state index in [0.29, 0.717) is 19.2 Å². The SMILES string of the molecule is CCCC(CC)NCC1(O)CCOC1C. The molecule has 1 rings (SSSR count). The molecule has 1 saturated heterocycles. The van der Waals surface area contributed by atoms with E-state index in [1.807, 2.05) is 6.92 Å². The van der Waals surface area contributed by atoms with E-state index in [4.69, 9.17) is 4.74 Å².